The molecule has 5 heteroatoms. The quantitative estimate of drug-likeness (QED) is 0.747. The fourth-order valence-electron chi connectivity index (χ4n) is 6.16. The Morgan fingerprint density at radius 1 is 1.03 bits per heavy atom. The fraction of sp³-hybridized carbons (Fsp3) is 0.357. The van der Waals surface area contributed by atoms with E-state index < -0.39 is 0 Å². The first-order valence-corrected chi connectivity index (χ1v) is 12.1. The van der Waals surface area contributed by atoms with E-state index >= 15 is 0 Å². The molecule has 5 nitrogen and oxygen atoms in total. The highest BCUT2D eigenvalue weighted by atomic mass is 16.2. The van der Waals surface area contributed by atoms with Gasteiger partial charge in [0.15, 0.2) is 0 Å². The lowest BCUT2D eigenvalue weighted by atomic mass is 9.83. The van der Waals surface area contributed by atoms with Crippen molar-refractivity contribution in [1.82, 2.24) is 14.9 Å². The lowest BCUT2D eigenvalue weighted by Gasteiger charge is -2.25. The van der Waals surface area contributed by atoms with Crippen molar-refractivity contribution >= 4 is 11.6 Å². The number of hydrogen-bond acceptors (Lipinski definition) is 3. The summed E-state index contributed by atoms with van der Waals surface area (Å²) in [5.74, 6) is 1.66. The number of imidazole rings is 1. The first-order chi connectivity index (χ1) is 16.3. The van der Waals surface area contributed by atoms with E-state index in [9.17, 15) is 4.79 Å². The summed E-state index contributed by atoms with van der Waals surface area (Å²) in [6, 6.07) is 8.49. The Hall–Kier alpha value is -3.34. The monoisotopic (exact) mass is 438 g/mol. The van der Waals surface area contributed by atoms with Gasteiger partial charge < -0.3 is 14.8 Å². The van der Waals surface area contributed by atoms with Crippen LogP contribution >= 0.6 is 0 Å². The Labute approximate surface area is 195 Å². The van der Waals surface area contributed by atoms with E-state index in [0.29, 0.717) is 24.8 Å². The predicted octanol–water partition coefficient (Wildman–Crippen LogP) is 4.78. The number of benzene rings is 1. The highest BCUT2D eigenvalue weighted by Gasteiger charge is 2.43. The largest absolute Gasteiger partial charge is 0.364 e. The molecule has 0 radical (unpaired) electrons. The summed E-state index contributed by atoms with van der Waals surface area (Å²) in [5.41, 5.74) is 6.46. The number of rotatable bonds is 4. The molecule has 0 spiro atoms. The van der Waals surface area contributed by atoms with Gasteiger partial charge in [0.05, 0.1) is 18.6 Å². The van der Waals surface area contributed by atoms with Crippen LogP contribution in [0.3, 0.4) is 0 Å². The number of nitrogens with zero attached hydrogens (tertiary/aromatic N) is 3. The van der Waals surface area contributed by atoms with Gasteiger partial charge in [-0.3, -0.25) is 4.79 Å². The molecule has 2 heterocycles. The second-order valence-electron chi connectivity index (χ2n) is 9.57. The summed E-state index contributed by atoms with van der Waals surface area (Å²) in [5, 5.41) is 0. The molecule has 1 N–H and O–H groups in total. The van der Waals surface area contributed by atoms with Crippen molar-refractivity contribution in [3.05, 3.63) is 95.6 Å². The molecule has 2 atom stereocenters. The zero-order chi connectivity index (χ0) is 22.2. The van der Waals surface area contributed by atoms with Gasteiger partial charge in [-0.2, -0.15) is 0 Å². The van der Waals surface area contributed by atoms with Crippen molar-refractivity contribution in [2.75, 3.05) is 18.0 Å². The minimum atomic E-state index is 0.252. The zero-order valence-electron chi connectivity index (χ0n) is 18.9. The summed E-state index contributed by atoms with van der Waals surface area (Å²) in [6.07, 6.45) is 19.9. The van der Waals surface area contributed by atoms with Gasteiger partial charge in [-0.05, 0) is 36.3 Å². The van der Waals surface area contributed by atoms with E-state index in [4.69, 9.17) is 0 Å². The van der Waals surface area contributed by atoms with Crippen molar-refractivity contribution in [2.24, 2.45) is 17.8 Å². The second-order valence-corrected chi connectivity index (χ2v) is 9.57. The van der Waals surface area contributed by atoms with Crippen molar-refractivity contribution in [1.29, 1.82) is 0 Å². The van der Waals surface area contributed by atoms with Crippen molar-refractivity contribution in [3.8, 4) is 0 Å². The average Bonchev–Trinajstić information content (AvgIpc) is 3.43. The standard InChI is InChI=1S/C28H30N4O/c33-28(15-26-24-10-4-2-8-22(24)23-9-3-5-11-25(23)26)32-14-13-31(18-21-16-29-19-30-21)27-12-6-1-7-20(27)17-32/h1-7,10-12,16,19,22-23,26H,8-9,13-15,17-18H2,(H,29,30). The highest BCUT2D eigenvalue weighted by molar-refractivity contribution is 5.78. The van der Waals surface area contributed by atoms with Gasteiger partial charge in [-0.25, -0.2) is 4.98 Å². The van der Waals surface area contributed by atoms with Crippen LogP contribution in [-0.2, 0) is 17.9 Å². The van der Waals surface area contributed by atoms with Gasteiger partial charge in [0.1, 0.15) is 0 Å². The molecule has 1 aliphatic heterocycles. The van der Waals surface area contributed by atoms with E-state index in [1.54, 1.807) is 6.33 Å². The average molecular weight is 439 g/mol. The number of allylic oxidation sites excluding steroid dienone is 8. The first-order valence-electron chi connectivity index (χ1n) is 12.1. The molecule has 3 aliphatic carbocycles. The Morgan fingerprint density at radius 3 is 2.52 bits per heavy atom. The number of aromatic nitrogens is 2. The van der Waals surface area contributed by atoms with Crippen LogP contribution in [-0.4, -0.2) is 33.9 Å². The number of hydrogen-bond donors (Lipinski definition) is 1. The van der Waals surface area contributed by atoms with E-state index in [-0.39, 0.29) is 11.8 Å². The number of anilines is 1. The molecule has 4 aliphatic rings. The topological polar surface area (TPSA) is 52.2 Å². The molecule has 1 aromatic carbocycles. The number of fused-ring (bicyclic) bond motifs is 4. The molecule has 168 valence electrons. The number of carbonyl (C=O) groups excluding carboxylic acids is 1. The Kier molecular flexibility index (Phi) is 5.25. The van der Waals surface area contributed by atoms with Crippen molar-refractivity contribution in [2.45, 2.75) is 32.4 Å². The second kappa shape index (κ2) is 8.54. The molecule has 0 bridgehead atoms. The highest BCUT2D eigenvalue weighted by Crippen LogP contribution is 2.52. The van der Waals surface area contributed by atoms with Gasteiger partial charge in [-0.15, -0.1) is 0 Å². The molecule has 0 saturated heterocycles. The number of H-pyrrole nitrogens is 1. The summed E-state index contributed by atoms with van der Waals surface area (Å²) in [7, 11) is 0. The summed E-state index contributed by atoms with van der Waals surface area (Å²) < 4.78 is 0. The number of carbonyl (C=O) groups is 1. The minimum Gasteiger partial charge on any atom is -0.364 e. The van der Waals surface area contributed by atoms with E-state index in [0.717, 1.165) is 38.2 Å². The van der Waals surface area contributed by atoms with Gasteiger partial charge in [0, 0.05) is 43.9 Å². The molecule has 1 fully saturated rings. The summed E-state index contributed by atoms with van der Waals surface area (Å²) in [4.78, 5) is 25.5. The third-order valence-corrected chi connectivity index (χ3v) is 7.76. The smallest absolute Gasteiger partial charge is 0.223 e. The molecule has 33 heavy (non-hydrogen) atoms. The van der Waals surface area contributed by atoms with Crippen LogP contribution in [0, 0.1) is 17.8 Å². The van der Waals surface area contributed by atoms with Crippen LogP contribution in [0.15, 0.2) is 84.4 Å². The molecule has 2 aromatic rings. The van der Waals surface area contributed by atoms with E-state index in [1.165, 1.54) is 22.4 Å². The maximum absolute atomic E-state index is 13.7. The Balaban J connectivity index is 1.23. The van der Waals surface area contributed by atoms with Crippen LogP contribution in [0.5, 0.6) is 0 Å². The fourth-order valence-corrected chi connectivity index (χ4v) is 6.16. The number of nitrogens with one attached hydrogen (secondary N) is 1. The van der Waals surface area contributed by atoms with Crippen molar-refractivity contribution in [3.63, 3.8) is 0 Å². The first kappa shape index (κ1) is 20.3. The third-order valence-electron chi connectivity index (χ3n) is 7.76. The maximum atomic E-state index is 13.7. The van der Waals surface area contributed by atoms with E-state index in [1.807, 2.05) is 6.20 Å². The molecule has 1 saturated carbocycles. The van der Waals surface area contributed by atoms with Crippen molar-refractivity contribution < 1.29 is 4.79 Å². The molecule has 2 unspecified atom stereocenters. The normalized spacial score (nSPS) is 25.6. The van der Waals surface area contributed by atoms with Crippen LogP contribution in [0.4, 0.5) is 5.69 Å². The molecular weight excluding hydrogens is 408 g/mol. The van der Waals surface area contributed by atoms with Crippen LogP contribution in [0.25, 0.3) is 0 Å². The van der Waals surface area contributed by atoms with Crippen LogP contribution in [0.2, 0.25) is 0 Å². The van der Waals surface area contributed by atoms with Gasteiger partial charge in [-0.1, -0.05) is 65.8 Å². The van der Waals surface area contributed by atoms with Gasteiger partial charge in [0.2, 0.25) is 5.91 Å². The maximum Gasteiger partial charge on any atom is 0.223 e. The molecule has 6 rings (SSSR count). The predicted molar refractivity (Wildman–Crippen MR) is 130 cm³/mol. The number of aromatic amines is 1. The lowest BCUT2D eigenvalue weighted by Crippen LogP contribution is -2.36. The Bertz CT molecular complexity index is 1120. The van der Waals surface area contributed by atoms with Gasteiger partial charge >= 0.3 is 0 Å². The summed E-state index contributed by atoms with van der Waals surface area (Å²) >= 11 is 0. The molecular formula is C28H30N4O. The molecule has 1 amide bonds. The van der Waals surface area contributed by atoms with E-state index in [2.05, 4.69) is 80.5 Å². The number of para-hydroxylation sites is 1. The third kappa shape index (κ3) is 3.75. The summed E-state index contributed by atoms with van der Waals surface area (Å²) in [6.45, 7) is 2.99. The number of amides is 1. The molecule has 1 aromatic heterocycles. The Morgan fingerprint density at radius 2 is 1.79 bits per heavy atom. The van der Waals surface area contributed by atoms with Gasteiger partial charge in [0.25, 0.3) is 0 Å². The minimum absolute atomic E-state index is 0.252. The lowest BCUT2D eigenvalue weighted by molar-refractivity contribution is -0.132. The van der Waals surface area contributed by atoms with Crippen LogP contribution in [0.1, 0.15) is 30.5 Å². The van der Waals surface area contributed by atoms with Crippen LogP contribution < -0.4 is 4.90 Å². The SMILES string of the molecule is O=C(CC1C2=CC=CCC2C2CC=CC=C12)N1CCN(Cc2cnc[nH]2)c2ccccc2C1. The zero-order valence-corrected chi connectivity index (χ0v) is 18.9.